The topological polar surface area (TPSA) is 30.6 Å². The number of fused-ring (bicyclic) bond motifs is 8. The van der Waals surface area contributed by atoms with Crippen LogP contribution < -0.4 is 105 Å². The third kappa shape index (κ3) is 13.9. The van der Waals surface area contributed by atoms with E-state index in [0.29, 0.717) is 0 Å². The molecule has 83 heavy (non-hydrogen) atoms. The van der Waals surface area contributed by atoms with Crippen LogP contribution in [0.15, 0.2) is 239 Å². The van der Waals surface area contributed by atoms with E-state index < -0.39 is 0 Å². The number of nitrogens with zero attached hydrogens (tertiary/aromatic N) is 6. The number of hydrogen-bond acceptors (Lipinski definition) is 6. The lowest BCUT2D eigenvalue weighted by molar-refractivity contribution is -0.645. The van der Waals surface area contributed by atoms with Crippen molar-refractivity contribution in [2.24, 2.45) is 21.1 Å². The molecule has 0 fully saturated rings. The van der Waals surface area contributed by atoms with Gasteiger partial charge in [-0.1, -0.05) is 149 Å². The largest absolute Gasteiger partial charge is 1.00 e. The first-order chi connectivity index (χ1) is 38.9. The van der Waals surface area contributed by atoms with Gasteiger partial charge in [-0.2, -0.15) is 0 Å². The molecule has 0 bridgehead atoms. The molecule has 0 aliphatic carbocycles. The van der Waals surface area contributed by atoms with E-state index in [9.17, 15) is 0 Å². The highest BCUT2D eigenvalue weighted by molar-refractivity contribution is 8.04. The number of pyridine rings is 3. The Balaban J connectivity index is 0.000000160. The Morgan fingerprint density at radius 1 is 0.470 bits per heavy atom. The number of ether oxygens (including phenoxy) is 1. The van der Waals surface area contributed by atoms with Gasteiger partial charge >= 0.3 is 0 Å². The molecule has 0 amide bonds. The number of halogens is 6. The summed E-state index contributed by atoms with van der Waals surface area (Å²) in [5.74, 6) is 1.69. The maximum Gasteiger partial charge on any atom is 0.214 e. The Kier molecular flexibility index (Phi) is 21.8. The Hall–Kier alpha value is -5.57. The Bertz CT molecular complexity index is 4260. The third-order valence-corrected chi connectivity index (χ3v) is 17.4. The van der Waals surface area contributed by atoms with Gasteiger partial charge in [-0.25, -0.2) is 13.7 Å². The van der Waals surface area contributed by atoms with Crippen LogP contribution in [0.1, 0.15) is 23.6 Å². The summed E-state index contributed by atoms with van der Waals surface area (Å²) in [4.78, 5) is 9.31. The smallest absolute Gasteiger partial charge is 0.214 e. The van der Waals surface area contributed by atoms with E-state index in [1.165, 1.54) is 63.9 Å². The van der Waals surface area contributed by atoms with E-state index in [1.54, 1.807) is 11.8 Å². The van der Waals surface area contributed by atoms with Crippen LogP contribution in [0.3, 0.4) is 0 Å². The van der Waals surface area contributed by atoms with Crippen LogP contribution in [-0.4, -0.2) is 20.6 Å². The molecule has 0 saturated heterocycles. The zero-order chi connectivity index (χ0) is 55.4. The highest BCUT2D eigenvalue weighted by Gasteiger charge is 2.26. The molecule has 13 rings (SSSR count). The Labute approximate surface area is 561 Å². The summed E-state index contributed by atoms with van der Waals surface area (Å²) in [7, 11) is 10.3. The second-order valence-electron chi connectivity index (χ2n) is 19.5. The van der Waals surface area contributed by atoms with Crippen LogP contribution in [-0.2, 0) is 21.1 Å². The van der Waals surface area contributed by atoms with E-state index in [-0.39, 0.29) is 71.9 Å². The Morgan fingerprint density at radius 2 is 0.916 bits per heavy atom. The second kappa shape index (κ2) is 28.5. The SMILES string of the molecule is CCN1C(=CC=Cc2cc[n+](C)c3cc(Cl)ccc23)Sc2ccccc21.CN1C(=CC=Cc2cc[n+](C)c3cc(Cl)ccc23)Oc2ccc3ccccc3c21.CN1C(=CC=Cc2cc[n+](C)c3cc(Cl)ccc23)Sc2ccccc21.[I-].[I-].[I-]. The van der Waals surface area contributed by atoms with Gasteiger partial charge in [0, 0.05) is 87.3 Å². The van der Waals surface area contributed by atoms with Gasteiger partial charge < -0.3 is 91.4 Å². The van der Waals surface area contributed by atoms with Crippen molar-refractivity contribution >= 4 is 137 Å². The summed E-state index contributed by atoms with van der Waals surface area (Å²) < 4.78 is 12.4. The molecule has 7 nitrogen and oxygen atoms in total. The van der Waals surface area contributed by atoms with Crippen molar-refractivity contribution in [1.82, 2.24) is 0 Å². The number of aromatic nitrogens is 3. The molecule has 0 radical (unpaired) electrons. The fourth-order valence-electron chi connectivity index (χ4n) is 10.2. The standard InChI is InChI=1S/C25H20ClN2O.C22H20ClN2S.C21H18ClN2S.3HI/c1-27-15-14-18(20-12-11-19(26)16-22(20)27)7-5-9-24-28(2)25-21-8-4-3-6-17(21)10-13-23(25)29-24;1-3-25-19-8-4-5-9-21(19)26-22(25)10-6-7-16-13-14-24(2)20-15-17(23)11-12-18(16)20;1-23-13-12-15(17-11-10-16(22)14-19(17)23)6-5-9-21-24(2)18-7-3-4-8-20(18)25-21;;;/h3-16H,1-2H3;4-15H,3H2,1-2H3;3-14H,1-2H3;3*1H/q3*+1;;;/p-3. The lowest BCUT2D eigenvalue weighted by atomic mass is 10.1. The van der Waals surface area contributed by atoms with Crippen LogP contribution in [0, 0.1) is 0 Å². The minimum Gasteiger partial charge on any atom is -1.00 e. The van der Waals surface area contributed by atoms with E-state index >= 15 is 0 Å². The van der Waals surface area contributed by atoms with E-state index in [1.807, 2.05) is 101 Å². The predicted octanol–water partition coefficient (Wildman–Crippen LogP) is 8.09. The summed E-state index contributed by atoms with van der Waals surface area (Å²) >= 11 is 22.1. The van der Waals surface area contributed by atoms with E-state index in [2.05, 4.69) is 213 Å². The van der Waals surface area contributed by atoms with Crippen LogP contribution in [0.4, 0.5) is 17.1 Å². The average molecular weight is 1530 g/mol. The molecule has 10 aromatic rings. The van der Waals surface area contributed by atoms with Crippen molar-refractivity contribution in [3.63, 3.8) is 0 Å². The summed E-state index contributed by atoms with van der Waals surface area (Å²) in [5.41, 5.74) is 10.5. The molecular formula is C68H58Cl3I3N6OS2. The van der Waals surface area contributed by atoms with Crippen molar-refractivity contribution in [1.29, 1.82) is 0 Å². The number of aryl methyl sites for hydroxylation is 3. The summed E-state index contributed by atoms with van der Waals surface area (Å²) in [6.45, 7) is 3.15. The molecule has 7 aromatic carbocycles. The molecule has 0 unspecified atom stereocenters. The monoisotopic (exact) mass is 1520 g/mol. The van der Waals surface area contributed by atoms with E-state index in [4.69, 9.17) is 39.5 Å². The van der Waals surface area contributed by atoms with Crippen LogP contribution >= 0.6 is 58.3 Å². The molecule has 0 N–H and O–H groups in total. The van der Waals surface area contributed by atoms with Gasteiger partial charge in [-0.05, 0) is 114 Å². The quantitative estimate of drug-likeness (QED) is 0.119. The number of allylic oxidation sites excluding steroid dienone is 6. The molecule has 15 heteroatoms. The van der Waals surface area contributed by atoms with E-state index in [0.717, 1.165) is 66.4 Å². The van der Waals surface area contributed by atoms with Gasteiger partial charge in [0.25, 0.3) is 0 Å². The number of anilines is 3. The minimum absolute atomic E-state index is 0. The molecule has 420 valence electrons. The molecule has 3 aliphatic rings. The lowest BCUT2D eigenvalue weighted by Crippen LogP contribution is -3.00. The van der Waals surface area contributed by atoms with Crippen molar-refractivity contribution < 1.29 is 90.4 Å². The molecule has 0 spiro atoms. The van der Waals surface area contributed by atoms with Gasteiger partial charge in [0.05, 0.1) is 43.3 Å². The molecular weight excluding hydrogens is 1470 g/mol. The first kappa shape index (κ1) is 63.5. The number of benzene rings is 7. The Morgan fingerprint density at radius 3 is 1.43 bits per heavy atom. The van der Waals surface area contributed by atoms with Crippen molar-refractivity contribution in [2.75, 3.05) is 35.3 Å². The number of hydrogen-bond donors (Lipinski definition) is 0. The summed E-state index contributed by atoms with van der Waals surface area (Å²) in [5, 5.41) is 10.7. The fourth-order valence-corrected chi connectivity index (χ4v) is 12.9. The molecule has 0 saturated carbocycles. The van der Waals surface area contributed by atoms with Gasteiger partial charge in [0.1, 0.15) is 21.1 Å². The lowest BCUT2D eigenvalue weighted by Gasteiger charge is -2.17. The summed E-state index contributed by atoms with van der Waals surface area (Å²) in [6, 6.07) is 54.0. The number of para-hydroxylation sites is 2. The summed E-state index contributed by atoms with van der Waals surface area (Å²) in [6.07, 6.45) is 25.3. The average Bonchev–Trinajstić information content (AvgIpc) is 4.23. The number of rotatable bonds is 7. The molecule has 6 heterocycles. The maximum absolute atomic E-state index is 6.17. The highest BCUT2D eigenvalue weighted by atomic mass is 127. The zero-order valence-electron chi connectivity index (χ0n) is 46.3. The van der Waals surface area contributed by atoms with Crippen molar-refractivity contribution in [3.05, 3.63) is 260 Å². The highest BCUT2D eigenvalue weighted by Crippen LogP contribution is 2.47. The first-order valence-corrected chi connectivity index (χ1v) is 29.1. The fraction of sp³-hybridized carbons (Fsp3) is 0.103. The molecule has 0 atom stereocenters. The normalized spacial score (nSPS) is 14.7. The van der Waals surface area contributed by atoms with Gasteiger partial charge in [0.2, 0.25) is 16.6 Å². The third-order valence-electron chi connectivity index (χ3n) is 14.4. The predicted molar refractivity (Wildman–Crippen MR) is 341 cm³/mol. The van der Waals surface area contributed by atoms with Gasteiger partial charge in [0.15, 0.2) is 30.2 Å². The zero-order valence-corrected chi connectivity index (χ0v) is 56.7. The minimum atomic E-state index is 0. The maximum atomic E-state index is 6.17. The molecule has 3 aliphatic heterocycles. The van der Waals surface area contributed by atoms with Crippen LogP contribution in [0.5, 0.6) is 5.75 Å². The van der Waals surface area contributed by atoms with Gasteiger partial charge in [-0.3, -0.25) is 0 Å². The van der Waals surface area contributed by atoms with Crippen LogP contribution in [0.2, 0.25) is 15.1 Å². The van der Waals surface area contributed by atoms with Crippen molar-refractivity contribution in [2.45, 2.75) is 16.7 Å². The molecule has 3 aromatic heterocycles. The first-order valence-electron chi connectivity index (χ1n) is 26.3. The van der Waals surface area contributed by atoms with Crippen LogP contribution in [0.25, 0.3) is 61.7 Å². The van der Waals surface area contributed by atoms with Crippen molar-refractivity contribution in [3.8, 4) is 5.75 Å². The second-order valence-corrected chi connectivity index (χ2v) is 22.9. The van der Waals surface area contributed by atoms with Gasteiger partial charge in [-0.15, -0.1) is 0 Å². The number of thioether (sulfide) groups is 2.